The largest absolute Gasteiger partial charge is 0.326 e. The van der Waals surface area contributed by atoms with Gasteiger partial charge in [-0.2, -0.15) is 0 Å². The maximum atomic E-state index is 12.4. The molecule has 2 rings (SSSR count). The molecule has 0 bridgehead atoms. The molecule has 0 unspecified atom stereocenters. The molecule has 0 heterocycles. The van der Waals surface area contributed by atoms with Gasteiger partial charge < -0.3 is 15.5 Å². The van der Waals surface area contributed by atoms with Gasteiger partial charge in [-0.1, -0.05) is 17.7 Å². The molecule has 0 saturated carbocycles. The van der Waals surface area contributed by atoms with Crippen LogP contribution < -0.4 is 15.5 Å². The molecule has 26 heavy (non-hydrogen) atoms. The minimum absolute atomic E-state index is 0.137. The molecule has 2 aromatic rings. The molecule has 136 valence electrons. The van der Waals surface area contributed by atoms with Crippen LogP contribution in [0.25, 0.3) is 0 Å². The third kappa shape index (κ3) is 5.32. The van der Waals surface area contributed by atoms with E-state index in [1.807, 2.05) is 6.92 Å². The van der Waals surface area contributed by atoms with Crippen LogP contribution >= 0.6 is 11.6 Å². The average Bonchev–Trinajstić information content (AvgIpc) is 2.52. The number of anilines is 3. The molecule has 0 aliphatic carbocycles. The van der Waals surface area contributed by atoms with E-state index in [9.17, 15) is 14.4 Å². The summed E-state index contributed by atoms with van der Waals surface area (Å²) in [6, 6.07) is 11.9. The van der Waals surface area contributed by atoms with Crippen LogP contribution in [0.5, 0.6) is 0 Å². The summed E-state index contributed by atoms with van der Waals surface area (Å²) in [6.07, 6.45) is 0. The number of hydrogen-bond acceptors (Lipinski definition) is 3. The molecule has 0 radical (unpaired) electrons. The van der Waals surface area contributed by atoms with Crippen molar-refractivity contribution < 1.29 is 14.4 Å². The van der Waals surface area contributed by atoms with E-state index in [0.29, 0.717) is 22.1 Å². The summed E-state index contributed by atoms with van der Waals surface area (Å²) in [5, 5.41) is 5.94. The maximum Gasteiger partial charge on any atom is 0.244 e. The van der Waals surface area contributed by atoms with E-state index >= 15 is 0 Å². The Kier molecular flexibility index (Phi) is 6.36. The second kappa shape index (κ2) is 8.49. The van der Waals surface area contributed by atoms with Crippen LogP contribution in [0.1, 0.15) is 19.4 Å². The van der Waals surface area contributed by atoms with E-state index in [1.165, 1.54) is 18.7 Å². The fourth-order valence-corrected chi connectivity index (χ4v) is 2.74. The molecule has 0 aromatic heterocycles. The van der Waals surface area contributed by atoms with Crippen molar-refractivity contribution in [1.29, 1.82) is 0 Å². The van der Waals surface area contributed by atoms with Crippen LogP contribution in [0.2, 0.25) is 5.02 Å². The Labute approximate surface area is 157 Å². The zero-order valence-electron chi connectivity index (χ0n) is 14.8. The minimum Gasteiger partial charge on any atom is -0.326 e. The van der Waals surface area contributed by atoms with Gasteiger partial charge in [-0.3, -0.25) is 14.4 Å². The number of carbonyl (C=O) groups excluding carboxylic acids is 3. The molecular weight excluding hydrogens is 354 g/mol. The summed E-state index contributed by atoms with van der Waals surface area (Å²) in [4.78, 5) is 36.9. The molecule has 2 aromatic carbocycles. The standard InChI is InChI=1S/C19H20ClN3O3/c1-12-9-15(20)7-8-18(12)23(14(3)25)11-19(26)22-17-6-4-5-16(10-17)21-13(2)24/h4-10H,11H2,1-3H3,(H,21,24)(H,22,26). The van der Waals surface area contributed by atoms with E-state index in [2.05, 4.69) is 10.6 Å². The van der Waals surface area contributed by atoms with Gasteiger partial charge in [0.15, 0.2) is 0 Å². The molecule has 2 N–H and O–H groups in total. The van der Waals surface area contributed by atoms with E-state index in [4.69, 9.17) is 11.6 Å². The van der Waals surface area contributed by atoms with Crippen LogP contribution in [-0.2, 0) is 14.4 Å². The number of amides is 3. The Hall–Kier alpha value is -2.86. The van der Waals surface area contributed by atoms with Gasteiger partial charge in [-0.05, 0) is 48.9 Å². The number of benzene rings is 2. The Bertz CT molecular complexity index is 852. The van der Waals surface area contributed by atoms with Crippen LogP contribution in [0.3, 0.4) is 0 Å². The summed E-state index contributed by atoms with van der Waals surface area (Å²) in [5.74, 6) is -0.804. The predicted octanol–water partition coefficient (Wildman–Crippen LogP) is 3.60. The van der Waals surface area contributed by atoms with Gasteiger partial charge in [0.1, 0.15) is 6.54 Å². The smallest absolute Gasteiger partial charge is 0.244 e. The lowest BCUT2D eigenvalue weighted by Crippen LogP contribution is -2.37. The molecule has 0 spiro atoms. The summed E-state index contributed by atoms with van der Waals surface area (Å²) in [7, 11) is 0. The summed E-state index contributed by atoms with van der Waals surface area (Å²) < 4.78 is 0. The van der Waals surface area contributed by atoms with Crippen LogP contribution in [0.4, 0.5) is 17.1 Å². The van der Waals surface area contributed by atoms with Crippen molar-refractivity contribution in [2.75, 3.05) is 22.1 Å². The zero-order valence-corrected chi connectivity index (χ0v) is 15.6. The third-order valence-electron chi connectivity index (χ3n) is 3.60. The number of nitrogens with one attached hydrogen (secondary N) is 2. The van der Waals surface area contributed by atoms with Gasteiger partial charge in [0.25, 0.3) is 0 Å². The fraction of sp³-hybridized carbons (Fsp3) is 0.211. The number of halogens is 1. The summed E-state index contributed by atoms with van der Waals surface area (Å²) in [5.41, 5.74) is 2.53. The molecule has 0 fully saturated rings. The number of nitrogens with zero attached hydrogens (tertiary/aromatic N) is 1. The summed E-state index contributed by atoms with van der Waals surface area (Å²) in [6.45, 7) is 4.50. The quantitative estimate of drug-likeness (QED) is 0.840. The molecule has 6 nitrogen and oxygen atoms in total. The lowest BCUT2D eigenvalue weighted by Gasteiger charge is -2.22. The van der Waals surface area contributed by atoms with Crippen LogP contribution in [-0.4, -0.2) is 24.3 Å². The van der Waals surface area contributed by atoms with Crippen molar-refractivity contribution in [3.8, 4) is 0 Å². The van der Waals surface area contributed by atoms with Crippen molar-refractivity contribution in [3.05, 3.63) is 53.1 Å². The normalized spacial score (nSPS) is 10.2. The Morgan fingerprint density at radius 3 is 2.23 bits per heavy atom. The van der Waals surface area contributed by atoms with E-state index in [-0.39, 0.29) is 24.3 Å². The molecule has 3 amide bonds. The first-order chi connectivity index (χ1) is 12.3. The molecule has 0 atom stereocenters. The number of rotatable bonds is 5. The second-order valence-electron chi connectivity index (χ2n) is 5.85. The monoisotopic (exact) mass is 373 g/mol. The topological polar surface area (TPSA) is 78.5 Å². The highest BCUT2D eigenvalue weighted by molar-refractivity contribution is 6.30. The number of hydrogen-bond donors (Lipinski definition) is 2. The first-order valence-corrected chi connectivity index (χ1v) is 8.36. The highest BCUT2D eigenvalue weighted by Crippen LogP contribution is 2.24. The van der Waals surface area contributed by atoms with Crippen molar-refractivity contribution in [2.45, 2.75) is 20.8 Å². The Balaban J connectivity index is 2.13. The first-order valence-electron chi connectivity index (χ1n) is 7.98. The van der Waals surface area contributed by atoms with Gasteiger partial charge >= 0.3 is 0 Å². The Morgan fingerprint density at radius 2 is 1.65 bits per heavy atom. The molecule has 0 aliphatic heterocycles. The van der Waals surface area contributed by atoms with E-state index in [1.54, 1.807) is 42.5 Å². The van der Waals surface area contributed by atoms with Crippen LogP contribution in [0, 0.1) is 6.92 Å². The highest BCUT2D eigenvalue weighted by atomic mass is 35.5. The fourth-order valence-electron chi connectivity index (χ4n) is 2.51. The van der Waals surface area contributed by atoms with Gasteiger partial charge in [-0.25, -0.2) is 0 Å². The highest BCUT2D eigenvalue weighted by Gasteiger charge is 2.18. The average molecular weight is 374 g/mol. The van der Waals surface area contributed by atoms with Gasteiger partial charge in [0.2, 0.25) is 17.7 Å². The van der Waals surface area contributed by atoms with Gasteiger partial charge in [0.05, 0.1) is 0 Å². The number of aryl methyl sites for hydroxylation is 1. The molecule has 7 heteroatoms. The SMILES string of the molecule is CC(=O)Nc1cccc(NC(=O)CN(C(C)=O)c2ccc(Cl)cc2C)c1. The van der Waals surface area contributed by atoms with E-state index in [0.717, 1.165) is 5.56 Å². The van der Waals surface area contributed by atoms with E-state index < -0.39 is 0 Å². The zero-order chi connectivity index (χ0) is 19.3. The maximum absolute atomic E-state index is 12.4. The lowest BCUT2D eigenvalue weighted by molar-refractivity contribution is -0.120. The van der Waals surface area contributed by atoms with Crippen molar-refractivity contribution >= 4 is 46.4 Å². The van der Waals surface area contributed by atoms with Crippen LogP contribution in [0.15, 0.2) is 42.5 Å². The third-order valence-corrected chi connectivity index (χ3v) is 3.83. The summed E-state index contributed by atoms with van der Waals surface area (Å²) >= 11 is 5.95. The van der Waals surface area contributed by atoms with Gasteiger partial charge in [0, 0.05) is 35.9 Å². The molecule has 0 saturated heterocycles. The predicted molar refractivity (Wildman–Crippen MR) is 104 cm³/mol. The van der Waals surface area contributed by atoms with Crippen molar-refractivity contribution in [1.82, 2.24) is 0 Å². The van der Waals surface area contributed by atoms with Crippen molar-refractivity contribution in [3.63, 3.8) is 0 Å². The molecule has 0 aliphatic rings. The minimum atomic E-state index is -0.352. The second-order valence-corrected chi connectivity index (χ2v) is 6.28. The lowest BCUT2D eigenvalue weighted by atomic mass is 10.1. The first kappa shape index (κ1) is 19.5. The Morgan fingerprint density at radius 1 is 1.00 bits per heavy atom. The van der Waals surface area contributed by atoms with Crippen molar-refractivity contribution in [2.24, 2.45) is 0 Å². The molecular formula is C19H20ClN3O3. The van der Waals surface area contributed by atoms with Gasteiger partial charge in [-0.15, -0.1) is 0 Å². The number of carbonyl (C=O) groups is 3.